The summed E-state index contributed by atoms with van der Waals surface area (Å²) in [5.74, 6) is -0.246. The van der Waals surface area contributed by atoms with Gasteiger partial charge in [0.15, 0.2) is 0 Å². The van der Waals surface area contributed by atoms with Gasteiger partial charge >= 0.3 is 0 Å². The molecule has 0 amide bonds. The zero-order valence-electron chi connectivity index (χ0n) is 10.6. The molecule has 1 atom stereocenters. The molecule has 0 radical (unpaired) electrons. The molecule has 0 bridgehead atoms. The predicted molar refractivity (Wildman–Crippen MR) is 73.6 cm³/mol. The summed E-state index contributed by atoms with van der Waals surface area (Å²) in [6, 6.07) is 4.57. The largest absolute Gasteiger partial charge is 0.310 e. The predicted octanol–water partition coefficient (Wildman–Crippen LogP) is 3.16. The minimum atomic E-state index is -0.246. The van der Waals surface area contributed by atoms with Gasteiger partial charge in [-0.3, -0.25) is 0 Å². The smallest absolute Gasteiger partial charge is 0.126 e. The monoisotopic (exact) mass is 279 g/mol. The van der Waals surface area contributed by atoms with E-state index in [2.05, 4.69) is 15.3 Å². The molecule has 5 heteroatoms. The van der Waals surface area contributed by atoms with Crippen molar-refractivity contribution in [1.82, 2.24) is 15.3 Å². The first-order valence-electron chi connectivity index (χ1n) is 6.13. The fraction of sp³-hybridized carbons (Fsp3) is 0.286. The van der Waals surface area contributed by atoms with Gasteiger partial charge in [0.05, 0.1) is 0 Å². The normalized spacial score (nSPS) is 12.4. The molecular formula is C14H15ClFN3. The number of hydrogen-bond donors (Lipinski definition) is 1. The van der Waals surface area contributed by atoms with Crippen molar-refractivity contribution in [2.75, 3.05) is 6.54 Å². The van der Waals surface area contributed by atoms with Gasteiger partial charge in [0.2, 0.25) is 0 Å². The van der Waals surface area contributed by atoms with E-state index in [0.29, 0.717) is 17.0 Å². The Hall–Kier alpha value is -1.52. The first kappa shape index (κ1) is 13.9. The second-order valence-electron chi connectivity index (χ2n) is 4.22. The number of halogens is 2. The summed E-state index contributed by atoms with van der Waals surface area (Å²) in [5, 5.41) is 3.84. The van der Waals surface area contributed by atoms with Gasteiger partial charge in [0, 0.05) is 29.0 Å². The molecule has 2 rings (SSSR count). The maximum atomic E-state index is 13.8. The van der Waals surface area contributed by atoms with Crippen molar-refractivity contribution in [3.8, 4) is 0 Å². The van der Waals surface area contributed by atoms with E-state index in [1.54, 1.807) is 24.5 Å². The van der Waals surface area contributed by atoms with Gasteiger partial charge in [0.25, 0.3) is 0 Å². The molecule has 0 spiro atoms. The van der Waals surface area contributed by atoms with E-state index in [-0.39, 0.29) is 11.9 Å². The highest BCUT2D eigenvalue weighted by molar-refractivity contribution is 6.30. The van der Waals surface area contributed by atoms with Crippen LogP contribution in [0.1, 0.15) is 24.1 Å². The van der Waals surface area contributed by atoms with Crippen molar-refractivity contribution < 1.29 is 4.39 Å². The van der Waals surface area contributed by atoms with Crippen LogP contribution in [0.25, 0.3) is 0 Å². The fourth-order valence-corrected chi connectivity index (χ4v) is 2.16. The van der Waals surface area contributed by atoms with Gasteiger partial charge in [-0.15, -0.1) is 0 Å². The van der Waals surface area contributed by atoms with Crippen LogP contribution >= 0.6 is 11.6 Å². The third kappa shape index (κ3) is 3.72. The topological polar surface area (TPSA) is 37.8 Å². The zero-order valence-corrected chi connectivity index (χ0v) is 11.4. The molecule has 0 fully saturated rings. The first-order chi connectivity index (χ1) is 9.20. The van der Waals surface area contributed by atoms with Gasteiger partial charge in [-0.2, -0.15) is 0 Å². The third-order valence-electron chi connectivity index (χ3n) is 2.87. The van der Waals surface area contributed by atoms with Crippen molar-refractivity contribution in [2.24, 2.45) is 0 Å². The number of hydrogen-bond acceptors (Lipinski definition) is 3. The lowest BCUT2D eigenvalue weighted by Gasteiger charge is -2.18. The van der Waals surface area contributed by atoms with Crippen LogP contribution in [-0.2, 0) is 6.42 Å². The SMILES string of the molecule is CCNC(Cc1cc(Cl)ccc1F)c1cncnc1. The minimum absolute atomic E-state index is 0.0285. The Morgan fingerprint density at radius 1 is 1.32 bits per heavy atom. The summed E-state index contributed by atoms with van der Waals surface area (Å²) in [4.78, 5) is 8.00. The second-order valence-corrected chi connectivity index (χ2v) is 4.66. The van der Waals surface area contributed by atoms with Gasteiger partial charge < -0.3 is 5.32 Å². The van der Waals surface area contributed by atoms with E-state index in [4.69, 9.17) is 11.6 Å². The number of benzene rings is 1. The van der Waals surface area contributed by atoms with Crippen molar-refractivity contribution in [1.29, 1.82) is 0 Å². The average Bonchev–Trinajstić information content (AvgIpc) is 2.43. The lowest BCUT2D eigenvalue weighted by Crippen LogP contribution is -2.23. The van der Waals surface area contributed by atoms with Crippen LogP contribution in [0.5, 0.6) is 0 Å². The Morgan fingerprint density at radius 3 is 2.74 bits per heavy atom. The third-order valence-corrected chi connectivity index (χ3v) is 3.10. The Labute approximate surface area is 116 Å². The molecule has 1 unspecified atom stereocenters. The highest BCUT2D eigenvalue weighted by Crippen LogP contribution is 2.22. The quantitative estimate of drug-likeness (QED) is 0.914. The standard InChI is InChI=1S/C14H15ClFN3/c1-2-19-14(11-7-17-9-18-8-11)6-10-5-12(15)3-4-13(10)16/h3-5,7-9,14,19H,2,6H2,1H3. The molecule has 1 aromatic heterocycles. The molecule has 100 valence electrons. The number of aromatic nitrogens is 2. The van der Waals surface area contributed by atoms with Crippen molar-refractivity contribution in [3.63, 3.8) is 0 Å². The lowest BCUT2D eigenvalue weighted by molar-refractivity contribution is 0.525. The minimum Gasteiger partial charge on any atom is -0.310 e. The number of rotatable bonds is 5. The molecule has 0 aliphatic rings. The zero-order chi connectivity index (χ0) is 13.7. The van der Waals surface area contributed by atoms with E-state index in [9.17, 15) is 4.39 Å². The van der Waals surface area contributed by atoms with Gasteiger partial charge in [0.1, 0.15) is 12.1 Å². The van der Waals surface area contributed by atoms with Gasteiger partial charge in [-0.05, 0) is 36.7 Å². The fourth-order valence-electron chi connectivity index (χ4n) is 1.96. The molecule has 3 nitrogen and oxygen atoms in total. The molecule has 19 heavy (non-hydrogen) atoms. The van der Waals surface area contributed by atoms with Crippen molar-refractivity contribution >= 4 is 11.6 Å². The molecule has 1 heterocycles. The Bertz CT molecular complexity index is 533. The van der Waals surface area contributed by atoms with Crippen LogP contribution in [0.15, 0.2) is 36.9 Å². The summed E-state index contributed by atoms with van der Waals surface area (Å²) in [5.41, 5.74) is 1.52. The molecular weight excluding hydrogens is 265 g/mol. The average molecular weight is 280 g/mol. The van der Waals surface area contributed by atoms with Gasteiger partial charge in [-0.1, -0.05) is 18.5 Å². The van der Waals surface area contributed by atoms with Crippen LogP contribution < -0.4 is 5.32 Å². The van der Waals surface area contributed by atoms with E-state index in [0.717, 1.165) is 12.1 Å². The Kier molecular flexibility index (Phi) is 4.82. The first-order valence-corrected chi connectivity index (χ1v) is 6.50. The summed E-state index contributed by atoms with van der Waals surface area (Å²) < 4.78 is 13.8. The molecule has 1 N–H and O–H groups in total. The van der Waals surface area contributed by atoms with Crippen LogP contribution in [0.2, 0.25) is 5.02 Å². The highest BCUT2D eigenvalue weighted by Gasteiger charge is 2.14. The maximum absolute atomic E-state index is 13.8. The summed E-state index contributed by atoms with van der Waals surface area (Å²) in [6.45, 7) is 2.78. The van der Waals surface area contributed by atoms with Crippen molar-refractivity contribution in [3.05, 3.63) is 58.9 Å². The van der Waals surface area contributed by atoms with Crippen LogP contribution in [0.4, 0.5) is 4.39 Å². The lowest BCUT2D eigenvalue weighted by atomic mass is 10.0. The summed E-state index contributed by atoms with van der Waals surface area (Å²) in [6.07, 6.45) is 5.46. The van der Waals surface area contributed by atoms with Crippen LogP contribution in [0, 0.1) is 5.82 Å². The van der Waals surface area contributed by atoms with Gasteiger partial charge in [-0.25, -0.2) is 14.4 Å². The summed E-state index contributed by atoms with van der Waals surface area (Å²) in [7, 11) is 0. The molecule has 0 aliphatic carbocycles. The molecule has 2 aromatic rings. The number of nitrogens with one attached hydrogen (secondary N) is 1. The Balaban J connectivity index is 2.24. The van der Waals surface area contributed by atoms with E-state index >= 15 is 0 Å². The van der Waals surface area contributed by atoms with E-state index < -0.39 is 0 Å². The Morgan fingerprint density at radius 2 is 2.05 bits per heavy atom. The van der Waals surface area contributed by atoms with Crippen LogP contribution in [0.3, 0.4) is 0 Å². The molecule has 0 aliphatic heterocycles. The molecule has 0 saturated carbocycles. The number of nitrogens with zero attached hydrogens (tertiary/aromatic N) is 2. The molecule has 0 saturated heterocycles. The van der Waals surface area contributed by atoms with Crippen molar-refractivity contribution in [2.45, 2.75) is 19.4 Å². The number of likely N-dealkylation sites (N-methyl/N-ethyl adjacent to an activating group) is 1. The van der Waals surface area contributed by atoms with Crippen LogP contribution in [-0.4, -0.2) is 16.5 Å². The summed E-state index contributed by atoms with van der Waals surface area (Å²) >= 11 is 5.91. The molecule has 1 aromatic carbocycles. The maximum Gasteiger partial charge on any atom is 0.126 e. The second kappa shape index (κ2) is 6.59. The highest BCUT2D eigenvalue weighted by atomic mass is 35.5. The van der Waals surface area contributed by atoms with E-state index in [1.165, 1.54) is 12.4 Å². The van der Waals surface area contributed by atoms with E-state index in [1.807, 2.05) is 6.92 Å².